The van der Waals surface area contributed by atoms with E-state index < -0.39 is 0 Å². The number of anilines is 2. The van der Waals surface area contributed by atoms with Gasteiger partial charge >= 0.3 is 0 Å². The monoisotopic (exact) mass is 242 g/mol. The van der Waals surface area contributed by atoms with Gasteiger partial charge in [-0.2, -0.15) is 11.8 Å². The second-order valence-corrected chi connectivity index (χ2v) is 5.68. The van der Waals surface area contributed by atoms with Crippen LogP contribution in [-0.2, 0) is 0 Å². The van der Waals surface area contributed by atoms with Crippen molar-refractivity contribution >= 4 is 34.7 Å². The lowest BCUT2D eigenvalue weighted by Crippen LogP contribution is -2.18. The van der Waals surface area contributed by atoms with Crippen molar-refractivity contribution in [1.82, 2.24) is 0 Å². The minimum Gasteiger partial charge on any atom is -0.397 e. The normalized spacial score (nSPS) is 17.5. The van der Waals surface area contributed by atoms with Gasteiger partial charge in [0.05, 0.1) is 11.4 Å². The molecule has 3 N–H and O–H groups in total. The molecule has 1 aromatic rings. The highest BCUT2D eigenvalue weighted by atomic mass is 35.5. The number of benzene rings is 1. The molecule has 0 amide bonds. The van der Waals surface area contributed by atoms with Crippen LogP contribution < -0.4 is 11.1 Å². The quantitative estimate of drug-likeness (QED) is 0.797. The molecule has 1 saturated carbocycles. The average Bonchev–Trinajstić information content (AvgIpc) is 3.00. The van der Waals surface area contributed by atoms with E-state index in [0.717, 1.165) is 22.9 Å². The van der Waals surface area contributed by atoms with Crippen LogP contribution in [0.2, 0.25) is 5.02 Å². The van der Waals surface area contributed by atoms with E-state index in [1.54, 1.807) is 0 Å². The van der Waals surface area contributed by atoms with Crippen molar-refractivity contribution in [2.45, 2.75) is 17.6 Å². The minimum absolute atomic E-state index is 0.439. The summed E-state index contributed by atoms with van der Waals surface area (Å²) in [6.45, 7) is 0.971. The number of nitrogens with two attached hydrogens (primary N) is 1. The first-order valence-corrected chi connectivity index (χ1v) is 6.59. The second kappa shape index (κ2) is 4.14. The van der Waals surface area contributed by atoms with Crippen molar-refractivity contribution in [3.05, 3.63) is 23.2 Å². The fourth-order valence-electron chi connectivity index (χ4n) is 1.53. The zero-order chi connectivity index (χ0) is 10.9. The lowest BCUT2D eigenvalue weighted by Gasteiger charge is -2.15. The van der Waals surface area contributed by atoms with Crippen LogP contribution in [0.25, 0.3) is 0 Å². The summed E-state index contributed by atoms with van der Waals surface area (Å²) in [6, 6.07) is 5.53. The molecule has 2 nitrogen and oxygen atoms in total. The van der Waals surface area contributed by atoms with E-state index in [4.69, 9.17) is 17.3 Å². The number of hydrogen-bond acceptors (Lipinski definition) is 3. The SMILES string of the molecule is CSC1(CNc2cc(Cl)ccc2N)CC1. The molecule has 0 unspecified atom stereocenters. The van der Waals surface area contributed by atoms with Gasteiger partial charge in [-0.25, -0.2) is 0 Å². The first-order valence-electron chi connectivity index (χ1n) is 4.99. The summed E-state index contributed by atoms with van der Waals surface area (Å²) >= 11 is 7.85. The van der Waals surface area contributed by atoms with Crippen molar-refractivity contribution in [1.29, 1.82) is 0 Å². The fourth-order valence-corrected chi connectivity index (χ4v) is 2.43. The van der Waals surface area contributed by atoms with Crippen molar-refractivity contribution in [3.8, 4) is 0 Å². The van der Waals surface area contributed by atoms with E-state index in [2.05, 4.69) is 11.6 Å². The maximum atomic E-state index is 5.92. The standard InChI is InChI=1S/C11H15ClN2S/c1-15-11(4-5-11)7-14-10-6-8(12)2-3-9(10)13/h2-3,6,14H,4-5,7,13H2,1H3. The Morgan fingerprint density at radius 2 is 2.27 bits per heavy atom. The largest absolute Gasteiger partial charge is 0.397 e. The molecule has 0 aliphatic heterocycles. The van der Waals surface area contributed by atoms with Crippen LogP contribution in [0.15, 0.2) is 18.2 Å². The first-order chi connectivity index (χ1) is 7.15. The number of hydrogen-bond donors (Lipinski definition) is 2. The molecule has 0 bridgehead atoms. The summed E-state index contributed by atoms with van der Waals surface area (Å²) in [7, 11) is 0. The third-order valence-corrected chi connectivity index (χ3v) is 4.51. The number of rotatable bonds is 4. The topological polar surface area (TPSA) is 38.0 Å². The predicted molar refractivity (Wildman–Crippen MR) is 69.8 cm³/mol. The zero-order valence-electron chi connectivity index (χ0n) is 8.72. The van der Waals surface area contributed by atoms with E-state index in [1.807, 2.05) is 30.0 Å². The molecular formula is C11H15ClN2S. The summed E-state index contributed by atoms with van der Waals surface area (Å²) < 4.78 is 0.439. The van der Waals surface area contributed by atoms with Gasteiger partial charge in [-0.05, 0) is 37.3 Å². The smallest absolute Gasteiger partial charge is 0.0589 e. The summed E-state index contributed by atoms with van der Waals surface area (Å²) in [6.07, 6.45) is 4.75. The van der Waals surface area contributed by atoms with Gasteiger partial charge in [0.25, 0.3) is 0 Å². The molecule has 1 fully saturated rings. The third kappa shape index (κ3) is 2.52. The molecule has 82 valence electrons. The molecule has 0 aromatic heterocycles. The fraction of sp³-hybridized carbons (Fsp3) is 0.455. The van der Waals surface area contributed by atoms with Crippen molar-refractivity contribution in [2.24, 2.45) is 0 Å². The molecule has 1 aliphatic carbocycles. The molecule has 15 heavy (non-hydrogen) atoms. The van der Waals surface area contributed by atoms with Crippen molar-refractivity contribution in [3.63, 3.8) is 0 Å². The van der Waals surface area contributed by atoms with E-state index >= 15 is 0 Å². The number of nitrogen functional groups attached to an aromatic ring is 1. The van der Waals surface area contributed by atoms with Crippen LogP contribution in [0.4, 0.5) is 11.4 Å². The zero-order valence-corrected chi connectivity index (χ0v) is 10.3. The van der Waals surface area contributed by atoms with Gasteiger partial charge in [0, 0.05) is 16.3 Å². The van der Waals surface area contributed by atoms with Crippen LogP contribution in [0, 0.1) is 0 Å². The lowest BCUT2D eigenvalue weighted by atomic mass is 10.2. The van der Waals surface area contributed by atoms with Gasteiger partial charge in [-0.3, -0.25) is 0 Å². The van der Waals surface area contributed by atoms with E-state index in [9.17, 15) is 0 Å². The van der Waals surface area contributed by atoms with Gasteiger partial charge in [0.15, 0.2) is 0 Å². The van der Waals surface area contributed by atoms with Crippen LogP contribution >= 0.6 is 23.4 Å². The highest BCUT2D eigenvalue weighted by Gasteiger charge is 2.41. The van der Waals surface area contributed by atoms with Gasteiger partial charge in [-0.1, -0.05) is 11.6 Å². The summed E-state index contributed by atoms with van der Waals surface area (Å²) in [5.41, 5.74) is 7.56. The maximum Gasteiger partial charge on any atom is 0.0589 e. The first kappa shape index (κ1) is 11.0. The summed E-state index contributed by atoms with van der Waals surface area (Å²) in [4.78, 5) is 0. The Labute approximate surface area is 99.6 Å². The molecule has 4 heteroatoms. The highest BCUT2D eigenvalue weighted by molar-refractivity contribution is 8.00. The number of halogens is 1. The number of thioether (sulfide) groups is 1. The predicted octanol–water partition coefficient (Wildman–Crippen LogP) is 3.23. The second-order valence-electron chi connectivity index (χ2n) is 3.97. The van der Waals surface area contributed by atoms with Gasteiger partial charge < -0.3 is 11.1 Å². The third-order valence-electron chi connectivity index (χ3n) is 2.86. The Morgan fingerprint density at radius 1 is 1.53 bits per heavy atom. The lowest BCUT2D eigenvalue weighted by molar-refractivity contribution is 0.950. The number of nitrogens with one attached hydrogen (secondary N) is 1. The molecule has 0 saturated heterocycles. The van der Waals surface area contributed by atoms with Crippen LogP contribution in [0.5, 0.6) is 0 Å². The molecule has 0 radical (unpaired) electrons. The van der Waals surface area contributed by atoms with Crippen molar-refractivity contribution < 1.29 is 0 Å². The van der Waals surface area contributed by atoms with Gasteiger partial charge in [0.2, 0.25) is 0 Å². The van der Waals surface area contributed by atoms with Crippen LogP contribution in [0.1, 0.15) is 12.8 Å². The van der Waals surface area contributed by atoms with E-state index in [-0.39, 0.29) is 0 Å². The van der Waals surface area contributed by atoms with Crippen LogP contribution in [0.3, 0.4) is 0 Å². The molecule has 0 atom stereocenters. The Hall–Kier alpha value is -0.540. The van der Waals surface area contributed by atoms with Crippen molar-refractivity contribution in [2.75, 3.05) is 23.9 Å². The summed E-state index contributed by atoms with van der Waals surface area (Å²) in [5, 5.41) is 4.10. The molecular weight excluding hydrogens is 228 g/mol. The molecule has 0 spiro atoms. The van der Waals surface area contributed by atoms with E-state index in [1.165, 1.54) is 12.8 Å². The Bertz CT molecular complexity index is 364. The van der Waals surface area contributed by atoms with Gasteiger partial charge in [0.1, 0.15) is 0 Å². The Kier molecular flexibility index (Phi) is 3.03. The maximum absolute atomic E-state index is 5.92. The highest BCUT2D eigenvalue weighted by Crippen LogP contribution is 2.47. The molecule has 1 aromatic carbocycles. The van der Waals surface area contributed by atoms with Crippen LogP contribution in [-0.4, -0.2) is 17.5 Å². The van der Waals surface area contributed by atoms with Gasteiger partial charge in [-0.15, -0.1) is 0 Å². The average molecular weight is 243 g/mol. The Balaban J connectivity index is 2.01. The van der Waals surface area contributed by atoms with E-state index in [0.29, 0.717) is 4.75 Å². The molecule has 1 aliphatic rings. The minimum atomic E-state index is 0.439. The molecule has 0 heterocycles. The molecule has 2 rings (SSSR count). The summed E-state index contributed by atoms with van der Waals surface area (Å²) in [5.74, 6) is 0. The Morgan fingerprint density at radius 3 is 2.87 bits per heavy atom.